The van der Waals surface area contributed by atoms with E-state index < -0.39 is 0 Å². The van der Waals surface area contributed by atoms with Crippen LogP contribution in [0.25, 0.3) is 0 Å². The lowest BCUT2D eigenvalue weighted by Gasteiger charge is -2.19. The summed E-state index contributed by atoms with van der Waals surface area (Å²) in [6.45, 7) is 7.60. The van der Waals surface area contributed by atoms with Gasteiger partial charge in [0.25, 0.3) is 0 Å². The summed E-state index contributed by atoms with van der Waals surface area (Å²) in [4.78, 5) is 4.10. The Morgan fingerprint density at radius 3 is 2.10 bits per heavy atom. The highest BCUT2D eigenvalue weighted by Gasteiger charge is 2.12. The maximum Gasteiger partial charge on any atom is 0.0577 e. The van der Waals surface area contributed by atoms with Crippen molar-refractivity contribution in [1.82, 2.24) is 10.3 Å². The molecule has 2 rings (SSSR count). The zero-order valence-electron chi connectivity index (χ0n) is 12.6. The van der Waals surface area contributed by atoms with Crippen LogP contribution in [0.15, 0.2) is 48.8 Å². The minimum atomic E-state index is 0.246. The number of nitrogens with one attached hydrogen (secondary N) is 1. The van der Waals surface area contributed by atoms with Crippen LogP contribution >= 0.6 is 0 Å². The molecule has 0 fully saturated rings. The van der Waals surface area contributed by atoms with Crippen LogP contribution in [0.3, 0.4) is 0 Å². The maximum atomic E-state index is 4.10. The number of pyridine rings is 1. The SMILES string of the molecule is CCNC(c1ccncc1)c1ccc(CC(C)C)cc1. The van der Waals surface area contributed by atoms with Crippen molar-refractivity contribution in [2.45, 2.75) is 33.2 Å². The van der Waals surface area contributed by atoms with Crippen LogP contribution in [0.1, 0.15) is 43.5 Å². The summed E-state index contributed by atoms with van der Waals surface area (Å²) < 4.78 is 0. The molecular formula is C18H24N2. The minimum absolute atomic E-state index is 0.246. The lowest BCUT2D eigenvalue weighted by atomic mass is 9.96. The van der Waals surface area contributed by atoms with Crippen molar-refractivity contribution < 1.29 is 0 Å². The fourth-order valence-electron chi connectivity index (χ4n) is 2.51. The fourth-order valence-corrected chi connectivity index (χ4v) is 2.51. The van der Waals surface area contributed by atoms with Crippen molar-refractivity contribution in [3.05, 3.63) is 65.5 Å². The van der Waals surface area contributed by atoms with Gasteiger partial charge in [-0.15, -0.1) is 0 Å². The Balaban J connectivity index is 2.21. The van der Waals surface area contributed by atoms with Crippen LogP contribution < -0.4 is 5.32 Å². The lowest BCUT2D eigenvalue weighted by molar-refractivity contribution is 0.627. The summed E-state index contributed by atoms with van der Waals surface area (Å²) in [6.07, 6.45) is 4.85. The predicted molar refractivity (Wildman–Crippen MR) is 84.7 cm³/mol. The molecule has 0 saturated heterocycles. The van der Waals surface area contributed by atoms with E-state index in [9.17, 15) is 0 Å². The van der Waals surface area contributed by atoms with Gasteiger partial charge in [-0.3, -0.25) is 4.98 Å². The molecular weight excluding hydrogens is 244 g/mol. The highest BCUT2D eigenvalue weighted by Crippen LogP contribution is 2.22. The molecule has 1 aromatic carbocycles. The van der Waals surface area contributed by atoms with E-state index >= 15 is 0 Å². The number of hydrogen-bond donors (Lipinski definition) is 1. The van der Waals surface area contributed by atoms with Crippen LogP contribution in [-0.2, 0) is 6.42 Å². The molecule has 106 valence electrons. The molecule has 1 N–H and O–H groups in total. The number of benzene rings is 1. The Morgan fingerprint density at radius 2 is 1.55 bits per heavy atom. The second-order valence-corrected chi connectivity index (χ2v) is 5.61. The normalized spacial score (nSPS) is 12.6. The molecule has 1 atom stereocenters. The topological polar surface area (TPSA) is 24.9 Å². The smallest absolute Gasteiger partial charge is 0.0577 e. The first kappa shape index (κ1) is 14.7. The Labute approximate surface area is 122 Å². The summed E-state index contributed by atoms with van der Waals surface area (Å²) in [5, 5.41) is 3.55. The first-order valence-electron chi connectivity index (χ1n) is 7.42. The molecule has 1 unspecified atom stereocenters. The zero-order chi connectivity index (χ0) is 14.4. The molecule has 2 nitrogen and oxygen atoms in total. The van der Waals surface area contributed by atoms with Gasteiger partial charge in [0.05, 0.1) is 6.04 Å². The van der Waals surface area contributed by atoms with Crippen LogP contribution in [0.2, 0.25) is 0 Å². The van der Waals surface area contributed by atoms with E-state index in [4.69, 9.17) is 0 Å². The molecule has 0 radical (unpaired) electrons. The van der Waals surface area contributed by atoms with Crippen molar-refractivity contribution in [1.29, 1.82) is 0 Å². The van der Waals surface area contributed by atoms with Gasteiger partial charge >= 0.3 is 0 Å². The monoisotopic (exact) mass is 268 g/mol. The second kappa shape index (κ2) is 7.20. The molecule has 0 amide bonds. The first-order valence-corrected chi connectivity index (χ1v) is 7.42. The average Bonchev–Trinajstić information content (AvgIpc) is 2.46. The molecule has 0 aliphatic rings. The van der Waals surface area contributed by atoms with Gasteiger partial charge in [-0.25, -0.2) is 0 Å². The summed E-state index contributed by atoms with van der Waals surface area (Å²) in [6, 6.07) is 13.4. The molecule has 0 bridgehead atoms. The van der Waals surface area contributed by atoms with E-state index in [0.717, 1.165) is 13.0 Å². The Morgan fingerprint density at radius 1 is 0.950 bits per heavy atom. The Hall–Kier alpha value is -1.67. The summed E-state index contributed by atoms with van der Waals surface area (Å²) in [7, 11) is 0. The number of rotatable bonds is 6. The van der Waals surface area contributed by atoms with E-state index in [1.807, 2.05) is 12.4 Å². The largest absolute Gasteiger partial charge is 0.307 e. The molecule has 0 aliphatic carbocycles. The van der Waals surface area contributed by atoms with Crippen molar-refractivity contribution in [3.8, 4) is 0 Å². The van der Waals surface area contributed by atoms with Gasteiger partial charge in [0.1, 0.15) is 0 Å². The molecule has 20 heavy (non-hydrogen) atoms. The number of aromatic nitrogens is 1. The van der Waals surface area contributed by atoms with Gasteiger partial charge in [-0.2, -0.15) is 0 Å². The lowest BCUT2D eigenvalue weighted by Crippen LogP contribution is -2.22. The van der Waals surface area contributed by atoms with Crippen LogP contribution in [0, 0.1) is 5.92 Å². The van der Waals surface area contributed by atoms with Gasteiger partial charge in [-0.1, -0.05) is 45.0 Å². The van der Waals surface area contributed by atoms with Gasteiger partial charge in [0, 0.05) is 12.4 Å². The van der Waals surface area contributed by atoms with Crippen LogP contribution in [-0.4, -0.2) is 11.5 Å². The third-order valence-corrected chi connectivity index (χ3v) is 3.40. The predicted octanol–water partition coefficient (Wildman–Crippen LogP) is 3.98. The molecule has 2 heteroatoms. The van der Waals surface area contributed by atoms with Gasteiger partial charge in [0.2, 0.25) is 0 Å². The fraction of sp³-hybridized carbons (Fsp3) is 0.389. The first-order chi connectivity index (χ1) is 9.70. The zero-order valence-corrected chi connectivity index (χ0v) is 12.6. The molecule has 1 aromatic heterocycles. The van der Waals surface area contributed by atoms with Gasteiger partial charge in [-0.05, 0) is 47.7 Å². The van der Waals surface area contributed by atoms with E-state index in [2.05, 4.69) is 67.5 Å². The second-order valence-electron chi connectivity index (χ2n) is 5.61. The molecule has 0 saturated carbocycles. The summed E-state index contributed by atoms with van der Waals surface area (Å²) >= 11 is 0. The van der Waals surface area contributed by atoms with Gasteiger partial charge in [0.15, 0.2) is 0 Å². The molecule has 0 aliphatic heterocycles. The highest BCUT2D eigenvalue weighted by atomic mass is 14.9. The minimum Gasteiger partial charge on any atom is -0.307 e. The van der Waals surface area contributed by atoms with E-state index in [0.29, 0.717) is 5.92 Å². The average molecular weight is 268 g/mol. The molecule has 0 spiro atoms. The van der Waals surface area contributed by atoms with E-state index in [1.54, 1.807) is 0 Å². The van der Waals surface area contributed by atoms with E-state index in [1.165, 1.54) is 16.7 Å². The third-order valence-electron chi connectivity index (χ3n) is 3.40. The molecule has 2 aromatic rings. The maximum absolute atomic E-state index is 4.10. The van der Waals surface area contributed by atoms with Crippen LogP contribution in [0.5, 0.6) is 0 Å². The summed E-state index contributed by atoms with van der Waals surface area (Å²) in [5.74, 6) is 0.700. The number of nitrogens with zero attached hydrogens (tertiary/aromatic N) is 1. The van der Waals surface area contributed by atoms with Gasteiger partial charge < -0.3 is 5.32 Å². The third kappa shape index (κ3) is 3.91. The highest BCUT2D eigenvalue weighted by molar-refractivity contribution is 5.32. The Kier molecular flexibility index (Phi) is 5.31. The van der Waals surface area contributed by atoms with Crippen molar-refractivity contribution in [2.24, 2.45) is 5.92 Å². The Bertz CT molecular complexity index is 503. The standard InChI is InChI=1S/C18H24N2/c1-4-20-18(17-9-11-19-12-10-17)16-7-5-15(6-8-16)13-14(2)3/h5-12,14,18,20H,4,13H2,1-3H3. The van der Waals surface area contributed by atoms with Crippen molar-refractivity contribution in [2.75, 3.05) is 6.54 Å². The van der Waals surface area contributed by atoms with E-state index in [-0.39, 0.29) is 6.04 Å². The van der Waals surface area contributed by atoms with Crippen molar-refractivity contribution >= 4 is 0 Å². The number of hydrogen-bond acceptors (Lipinski definition) is 2. The van der Waals surface area contributed by atoms with Crippen molar-refractivity contribution in [3.63, 3.8) is 0 Å². The molecule has 1 heterocycles. The summed E-state index contributed by atoms with van der Waals surface area (Å²) in [5.41, 5.74) is 3.98. The quantitative estimate of drug-likeness (QED) is 0.857. The van der Waals surface area contributed by atoms with Crippen LogP contribution in [0.4, 0.5) is 0 Å².